The van der Waals surface area contributed by atoms with Gasteiger partial charge in [0.2, 0.25) is 0 Å². The lowest BCUT2D eigenvalue weighted by Crippen LogP contribution is -2.01. The Labute approximate surface area is 95.2 Å². The maximum atomic E-state index is 12.4. The van der Waals surface area contributed by atoms with Gasteiger partial charge in [-0.25, -0.2) is 13.8 Å². The maximum Gasteiger partial charge on any atom is 0.266 e. The highest BCUT2D eigenvalue weighted by atomic mass is 127. The van der Waals surface area contributed by atoms with Gasteiger partial charge in [-0.2, -0.15) is 0 Å². The molecule has 0 aromatic carbocycles. The highest BCUT2D eigenvalue weighted by Crippen LogP contribution is 2.30. The van der Waals surface area contributed by atoms with Crippen molar-refractivity contribution in [2.24, 2.45) is 0 Å². The molecule has 0 aliphatic rings. The number of hydrogen-bond acceptors (Lipinski definition) is 2. The van der Waals surface area contributed by atoms with Crippen LogP contribution >= 0.6 is 45.2 Å². The number of aromatic nitrogens is 1. The minimum Gasteiger partial charge on any atom is -0.383 e. The van der Waals surface area contributed by atoms with E-state index in [9.17, 15) is 8.78 Å². The number of nitrogens with two attached hydrogens (primary N) is 1. The highest BCUT2D eigenvalue weighted by Gasteiger charge is 2.17. The van der Waals surface area contributed by atoms with E-state index in [2.05, 4.69) is 4.98 Å². The topological polar surface area (TPSA) is 38.9 Å². The normalized spacial score (nSPS) is 10.8. The summed E-state index contributed by atoms with van der Waals surface area (Å²) in [5.74, 6) is 0.159. The van der Waals surface area contributed by atoms with Crippen LogP contribution in [0, 0.1) is 7.14 Å². The molecule has 0 saturated carbocycles. The average molecular weight is 396 g/mol. The van der Waals surface area contributed by atoms with Gasteiger partial charge >= 0.3 is 0 Å². The summed E-state index contributed by atoms with van der Waals surface area (Å²) in [7, 11) is 0. The molecular formula is C6H4F2I2N2. The Hall–Kier alpha value is 0.270. The second-order valence-corrected chi connectivity index (χ2v) is 4.26. The molecule has 0 amide bonds. The molecule has 66 valence electrons. The van der Waals surface area contributed by atoms with Crippen LogP contribution in [0.5, 0.6) is 0 Å². The van der Waals surface area contributed by atoms with E-state index in [0.717, 1.165) is 0 Å². The third kappa shape index (κ3) is 1.95. The van der Waals surface area contributed by atoms with Gasteiger partial charge in [0.05, 0.1) is 3.57 Å². The van der Waals surface area contributed by atoms with Crippen LogP contribution in [-0.4, -0.2) is 4.98 Å². The molecular weight excluding hydrogens is 392 g/mol. The highest BCUT2D eigenvalue weighted by molar-refractivity contribution is 14.1. The summed E-state index contributed by atoms with van der Waals surface area (Å²) in [5.41, 5.74) is 5.35. The summed E-state index contributed by atoms with van der Waals surface area (Å²) in [6, 6.07) is 0. The predicted molar refractivity (Wildman–Crippen MR) is 59.0 cm³/mol. The fraction of sp³-hybridized carbons (Fsp3) is 0.167. The van der Waals surface area contributed by atoms with Gasteiger partial charge in [-0.1, -0.05) is 0 Å². The van der Waals surface area contributed by atoms with Crippen LogP contribution in [0.3, 0.4) is 0 Å². The minimum absolute atomic E-state index is 0.0244. The van der Waals surface area contributed by atoms with Crippen molar-refractivity contribution in [3.05, 3.63) is 18.9 Å². The zero-order chi connectivity index (χ0) is 9.30. The van der Waals surface area contributed by atoms with Gasteiger partial charge in [-0.15, -0.1) is 0 Å². The van der Waals surface area contributed by atoms with E-state index in [0.29, 0.717) is 7.14 Å². The van der Waals surface area contributed by atoms with E-state index in [1.165, 1.54) is 6.20 Å². The molecule has 0 atom stereocenters. The number of halogens is 4. The van der Waals surface area contributed by atoms with Crippen LogP contribution in [0.4, 0.5) is 14.6 Å². The lowest BCUT2D eigenvalue weighted by atomic mass is 10.3. The van der Waals surface area contributed by atoms with E-state index in [1.54, 1.807) is 22.6 Å². The molecule has 6 heteroatoms. The van der Waals surface area contributed by atoms with E-state index < -0.39 is 6.43 Å². The summed E-state index contributed by atoms with van der Waals surface area (Å²) in [4.78, 5) is 3.75. The largest absolute Gasteiger partial charge is 0.383 e. The standard InChI is InChI=1S/C6H4F2I2N2/c7-5(8)3-2(9)1-12-6(11)4(3)10/h1,5H,(H2,11,12). The van der Waals surface area contributed by atoms with Gasteiger partial charge in [0.15, 0.2) is 0 Å². The predicted octanol–water partition coefficient (Wildman–Crippen LogP) is 2.81. The summed E-state index contributed by atoms with van der Waals surface area (Å²) in [6.45, 7) is 0. The first kappa shape index (κ1) is 10.4. The first-order valence-corrected chi connectivity index (χ1v) is 5.07. The smallest absolute Gasteiger partial charge is 0.266 e. The van der Waals surface area contributed by atoms with Gasteiger partial charge in [0.25, 0.3) is 6.43 Å². The van der Waals surface area contributed by atoms with Gasteiger partial charge in [0, 0.05) is 15.3 Å². The summed E-state index contributed by atoms with van der Waals surface area (Å²) >= 11 is 3.59. The van der Waals surface area contributed by atoms with Crippen LogP contribution in [0.2, 0.25) is 0 Å². The monoisotopic (exact) mass is 396 g/mol. The molecule has 0 saturated heterocycles. The quantitative estimate of drug-likeness (QED) is 0.743. The van der Waals surface area contributed by atoms with Gasteiger partial charge in [0.1, 0.15) is 5.82 Å². The fourth-order valence-corrected chi connectivity index (χ4v) is 2.52. The van der Waals surface area contributed by atoms with Crippen molar-refractivity contribution in [2.75, 3.05) is 5.73 Å². The van der Waals surface area contributed by atoms with E-state index in [4.69, 9.17) is 5.73 Å². The first-order chi connectivity index (χ1) is 5.54. The lowest BCUT2D eigenvalue weighted by Gasteiger charge is -2.06. The Kier molecular flexibility index (Phi) is 3.44. The van der Waals surface area contributed by atoms with Crippen molar-refractivity contribution in [3.63, 3.8) is 0 Å². The zero-order valence-corrected chi connectivity index (χ0v) is 10.0. The average Bonchev–Trinajstić information content (AvgIpc) is 1.97. The number of nitrogens with zero attached hydrogens (tertiary/aromatic N) is 1. The van der Waals surface area contributed by atoms with Gasteiger partial charge in [-0.05, 0) is 45.2 Å². The van der Waals surface area contributed by atoms with Crippen molar-refractivity contribution >= 4 is 51.0 Å². The van der Waals surface area contributed by atoms with Crippen molar-refractivity contribution in [2.45, 2.75) is 6.43 Å². The third-order valence-corrected chi connectivity index (χ3v) is 3.25. The third-order valence-electron chi connectivity index (χ3n) is 1.25. The Morgan fingerprint density at radius 1 is 1.42 bits per heavy atom. The fourth-order valence-electron chi connectivity index (χ4n) is 0.695. The van der Waals surface area contributed by atoms with Crippen LogP contribution in [0.25, 0.3) is 0 Å². The number of alkyl halides is 2. The van der Waals surface area contributed by atoms with Crippen LogP contribution in [0.15, 0.2) is 6.20 Å². The first-order valence-electron chi connectivity index (χ1n) is 2.91. The van der Waals surface area contributed by atoms with Crippen LogP contribution in [-0.2, 0) is 0 Å². The van der Waals surface area contributed by atoms with Gasteiger partial charge in [-0.3, -0.25) is 0 Å². The molecule has 12 heavy (non-hydrogen) atoms. The second kappa shape index (κ2) is 3.99. The van der Waals surface area contributed by atoms with E-state index >= 15 is 0 Å². The number of nitrogen functional groups attached to an aromatic ring is 1. The number of hydrogen-bond donors (Lipinski definition) is 1. The Bertz CT molecular complexity index is 304. The van der Waals surface area contributed by atoms with E-state index in [1.807, 2.05) is 22.6 Å². The molecule has 0 bridgehead atoms. The SMILES string of the molecule is Nc1ncc(I)c(C(F)F)c1I. The molecule has 2 N–H and O–H groups in total. The molecule has 2 nitrogen and oxygen atoms in total. The zero-order valence-electron chi connectivity index (χ0n) is 5.69. The summed E-state index contributed by atoms with van der Waals surface area (Å²) in [5, 5.41) is 0. The van der Waals surface area contributed by atoms with Crippen molar-refractivity contribution in [1.29, 1.82) is 0 Å². The Morgan fingerprint density at radius 2 is 2.00 bits per heavy atom. The molecule has 0 spiro atoms. The molecule has 0 unspecified atom stereocenters. The molecule has 0 aliphatic heterocycles. The Balaban J connectivity index is 3.33. The van der Waals surface area contributed by atoms with Crippen LogP contribution < -0.4 is 5.73 Å². The molecule has 0 radical (unpaired) electrons. The molecule has 1 rings (SSSR count). The summed E-state index contributed by atoms with van der Waals surface area (Å²) in [6.07, 6.45) is -1.14. The van der Waals surface area contributed by atoms with E-state index in [-0.39, 0.29) is 11.4 Å². The molecule has 0 aliphatic carbocycles. The minimum atomic E-state index is -2.49. The number of pyridine rings is 1. The second-order valence-electron chi connectivity index (χ2n) is 2.02. The van der Waals surface area contributed by atoms with Crippen molar-refractivity contribution in [3.8, 4) is 0 Å². The van der Waals surface area contributed by atoms with Gasteiger partial charge < -0.3 is 5.73 Å². The molecule has 1 aromatic rings. The number of anilines is 1. The van der Waals surface area contributed by atoms with Crippen molar-refractivity contribution in [1.82, 2.24) is 4.98 Å². The maximum absolute atomic E-state index is 12.4. The molecule has 1 heterocycles. The lowest BCUT2D eigenvalue weighted by molar-refractivity contribution is 0.149. The number of rotatable bonds is 1. The molecule has 1 aromatic heterocycles. The van der Waals surface area contributed by atoms with Crippen LogP contribution in [0.1, 0.15) is 12.0 Å². The van der Waals surface area contributed by atoms with Crippen molar-refractivity contribution < 1.29 is 8.78 Å². The Morgan fingerprint density at radius 3 is 2.42 bits per heavy atom. The molecule has 0 fully saturated rings. The summed E-state index contributed by atoms with van der Waals surface area (Å²) < 4.78 is 25.5.